The zero-order chi connectivity index (χ0) is 12.1. The molecule has 0 aliphatic rings. The largest absolute Gasteiger partial charge is 0.393 e. The van der Waals surface area contributed by atoms with Gasteiger partial charge in [-0.1, -0.05) is 43.5 Å². The maximum Gasteiger partial charge on any atom is 0.0606 e. The summed E-state index contributed by atoms with van der Waals surface area (Å²) in [7, 11) is 0. The average Bonchev–Trinajstić information content (AvgIpc) is 2.23. The molecule has 0 aliphatic carbocycles. The molecule has 16 heavy (non-hydrogen) atoms. The minimum Gasteiger partial charge on any atom is -0.393 e. The molecule has 90 valence electrons. The van der Waals surface area contributed by atoms with Gasteiger partial charge < -0.3 is 5.11 Å². The van der Waals surface area contributed by atoms with Crippen molar-refractivity contribution in [1.82, 2.24) is 0 Å². The summed E-state index contributed by atoms with van der Waals surface area (Å²) in [4.78, 5) is 0. The van der Waals surface area contributed by atoms with Crippen LogP contribution in [0, 0.1) is 5.92 Å². The smallest absolute Gasteiger partial charge is 0.0606 e. The van der Waals surface area contributed by atoms with Crippen molar-refractivity contribution in [3.63, 3.8) is 0 Å². The number of rotatable bonds is 5. The predicted molar refractivity (Wildman–Crippen MR) is 70.2 cm³/mol. The summed E-state index contributed by atoms with van der Waals surface area (Å²) in [6.45, 7) is 4.18. The van der Waals surface area contributed by atoms with Gasteiger partial charge in [0.1, 0.15) is 0 Å². The molecule has 0 spiro atoms. The lowest BCUT2D eigenvalue weighted by Crippen LogP contribution is -2.20. The molecule has 2 atom stereocenters. The Labute approximate surface area is 107 Å². The van der Waals surface area contributed by atoms with Gasteiger partial charge in [0.15, 0.2) is 0 Å². The minimum atomic E-state index is -0.351. The molecule has 2 unspecified atom stereocenters. The molecule has 0 aromatic heterocycles. The Morgan fingerprint density at radius 2 is 2.00 bits per heavy atom. The molecule has 1 aromatic carbocycles. The highest BCUT2D eigenvalue weighted by molar-refractivity contribution is 6.33. The number of aliphatic hydroxyl groups is 1. The fourth-order valence-corrected chi connectivity index (χ4v) is 2.16. The van der Waals surface area contributed by atoms with Crippen molar-refractivity contribution >= 4 is 23.2 Å². The lowest BCUT2D eigenvalue weighted by Gasteiger charge is -2.18. The van der Waals surface area contributed by atoms with Crippen molar-refractivity contribution in [1.29, 1.82) is 0 Å². The molecule has 1 N–H and O–H groups in total. The summed E-state index contributed by atoms with van der Waals surface area (Å²) < 4.78 is 0. The molecule has 0 aliphatic heterocycles. The molecule has 0 bridgehead atoms. The Morgan fingerprint density at radius 1 is 1.31 bits per heavy atom. The maximum atomic E-state index is 10.0. The topological polar surface area (TPSA) is 20.2 Å². The Morgan fingerprint density at radius 3 is 2.62 bits per heavy atom. The zero-order valence-electron chi connectivity index (χ0n) is 9.71. The Hall–Kier alpha value is -0.240. The van der Waals surface area contributed by atoms with Crippen molar-refractivity contribution in [3.05, 3.63) is 33.8 Å². The van der Waals surface area contributed by atoms with E-state index in [1.807, 2.05) is 6.07 Å². The summed E-state index contributed by atoms with van der Waals surface area (Å²) >= 11 is 12.0. The highest BCUT2D eigenvalue weighted by Gasteiger charge is 2.15. The van der Waals surface area contributed by atoms with Crippen LogP contribution in [0.15, 0.2) is 18.2 Å². The van der Waals surface area contributed by atoms with Gasteiger partial charge in [0.25, 0.3) is 0 Å². The number of hydrogen-bond acceptors (Lipinski definition) is 1. The number of benzene rings is 1. The second-order valence-electron chi connectivity index (χ2n) is 4.27. The van der Waals surface area contributed by atoms with Gasteiger partial charge in [-0.3, -0.25) is 0 Å². The Kier molecular flexibility index (Phi) is 5.60. The number of halogens is 2. The van der Waals surface area contributed by atoms with E-state index in [1.54, 1.807) is 12.1 Å². The van der Waals surface area contributed by atoms with Crippen LogP contribution >= 0.6 is 23.2 Å². The highest BCUT2D eigenvalue weighted by Crippen LogP contribution is 2.24. The summed E-state index contributed by atoms with van der Waals surface area (Å²) in [6, 6.07) is 5.36. The molecule has 0 amide bonds. The lowest BCUT2D eigenvalue weighted by molar-refractivity contribution is 0.111. The van der Waals surface area contributed by atoms with Gasteiger partial charge in [-0.25, -0.2) is 0 Å². The highest BCUT2D eigenvalue weighted by atomic mass is 35.5. The van der Waals surface area contributed by atoms with Crippen LogP contribution in [0.5, 0.6) is 0 Å². The third-order valence-corrected chi connectivity index (χ3v) is 3.44. The summed E-state index contributed by atoms with van der Waals surface area (Å²) in [5.41, 5.74) is 0.921. The van der Waals surface area contributed by atoms with E-state index in [2.05, 4.69) is 13.8 Å². The van der Waals surface area contributed by atoms with Crippen molar-refractivity contribution in [3.8, 4) is 0 Å². The molecule has 0 heterocycles. The van der Waals surface area contributed by atoms with Crippen LogP contribution in [0.2, 0.25) is 10.0 Å². The van der Waals surface area contributed by atoms with Crippen molar-refractivity contribution < 1.29 is 5.11 Å². The molecule has 3 heteroatoms. The minimum absolute atomic E-state index is 0.292. The molecule has 1 nitrogen and oxygen atoms in total. The van der Waals surface area contributed by atoms with E-state index in [4.69, 9.17) is 23.2 Å². The Bertz CT molecular complexity index is 339. The lowest BCUT2D eigenvalue weighted by atomic mass is 9.94. The zero-order valence-corrected chi connectivity index (χ0v) is 11.2. The van der Waals surface area contributed by atoms with E-state index in [9.17, 15) is 5.11 Å². The van der Waals surface area contributed by atoms with Gasteiger partial charge in [-0.05, 0) is 36.1 Å². The quantitative estimate of drug-likeness (QED) is 0.836. The SMILES string of the molecule is CCCC(C)C(O)Cc1cc(Cl)ccc1Cl. The summed E-state index contributed by atoms with van der Waals surface area (Å²) in [5, 5.41) is 11.4. The molecular weight excluding hydrogens is 243 g/mol. The van der Waals surface area contributed by atoms with Crippen LogP contribution in [0.1, 0.15) is 32.3 Å². The number of hydrogen-bond donors (Lipinski definition) is 1. The van der Waals surface area contributed by atoms with E-state index in [1.165, 1.54) is 0 Å². The van der Waals surface area contributed by atoms with Crippen molar-refractivity contribution in [2.24, 2.45) is 5.92 Å². The van der Waals surface area contributed by atoms with Gasteiger partial charge in [-0.15, -0.1) is 0 Å². The summed E-state index contributed by atoms with van der Waals surface area (Å²) in [6.07, 6.45) is 2.33. The van der Waals surface area contributed by atoms with Gasteiger partial charge in [-0.2, -0.15) is 0 Å². The first kappa shape index (κ1) is 13.8. The van der Waals surface area contributed by atoms with Crippen LogP contribution in [0.3, 0.4) is 0 Å². The van der Waals surface area contributed by atoms with Gasteiger partial charge in [0.2, 0.25) is 0 Å². The molecule has 0 saturated carbocycles. The first-order valence-corrected chi connectivity index (χ1v) is 6.42. The number of aliphatic hydroxyl groups excluding tert-OH is 1. The van der Waals surface area contributed by atoms with Crippen LogP contribution in [-0.2, 0) is 6.42 Å². The molecule has 0 radical (unpaired) electrons. The third-order valence-electron chi connectivity index (χ3n) is 2.84. The third kappa shape index (κ3) is 3.97. The van der Waals surface area contributed by atoms with Crippen LogP contribution in [0.4, 0.5) is 0 Å². The van der Waals surface area contributed by atoms with Gasteiger partial charge >= 0.3 is 0 Å². The van der Waals surface area contributed by atoms with E-state index in [-0.39, 0.29) is 6.10 Å². The van der Waals surface area contributed by atoms with Crippen molar-refractivity contribution in [2.45, 2.75) is 39.2 Å². The molecule has 1 rings (SSSR count). The first-order valence-electron chi connectivity index (χ1n) is 5.66. The average molecular weight is 261 g/mol. The van der Waals surface area contributed by atoms with E-state index in [0.29, 0.717) is 22.4 Å². The summed E-state index contributed by atoms with van der Waals surface area (Å²) in [5.74, 6) is 0.292. The monoisotopic (exact) mass is 260 g/mol. The Balaban J connectivity index is 2.68. The van der Waals surface area contributed by atoms with Crippen molar-refractivity contribution in [2.75, 3.05) is 0 Å². The fraction of sp³-hybridized carbons (Fsp3) is 0.538. The van der Waals surface area contributed by atoms with Crippen LogP contribution in [-0.4, -0.2) is 11.2 Å². The van der Waals surface area contributed by atoms with E-state index < -0.39 is 0 Å². The normalized spacial score (nSPS) is 14.8. The maximum absolute atomic E-state index is 10.0. The first-order chi connectivity index (χ1) is 7.54. The standard InChI is InChI=1S/C13H18Cl2O/c1-3-4-9(2)13(16)8-10-7-11(14)5-6-12(10)15/h5-7,9,13,16H,3-4,8H2,1-2H3. The van der Waals surface area contributed by atoms with Gasteiger partial charge in [0.05, 0.1) is 6.10 Å². The van der Waals surface area contributed by atoms with Crippen LogP contribution < -0.4 is 0 Å². The van der Waals surface area contributed by atoms with Gasteiger partial charge in [0, 0.05) is 16.5 Å². The molecule has 1 aromatic rings. The fourth-order valence-electron chi connectivity index (χ4n) is 1.77. The molecular formula is C13H18Cl2O. The second kappa shape index (κ2) is 6.48. The molecule has 0 saturated heterocycles. The van der Waals surface area contributed by atoms with E-state index in [0.717, 1.165) is 18.4 Å². The van der Waals surface area contributed by atoms with Crippen LogP contribution in [0.25, 0.3) is 0 Å². The second-order valence-corrected chi connectivity index (χ2v) is 5.12. The molecule has 0 fully saturated rings. The van der Waals surface area contributed by atoms with E-state index >= 15 is 0 Å². The predicted octanol–water partition coefficient (Wildman–Crippen LogP) is 4.33.